The molecule has 0 amide bonds. The second-order valence-corrected chi connectivity index (χ2v) is 7.06. The molecule has 1 saturated carbocycles. The molecule has 130 valence electrons. The molecule has 4 unspecified atom stereocenters. The second-order valence-electron chi connectivity index (χ2n) is 7.06. The molecule has 4 atom stereocenters. The average Bonchev–Trinajstić information content (AvgIpc) is 3.23. The van der Waals surface area contributed by atoms with Crippen LogP contribution in [-0.2, 0) is 11.3 Å². The lowest BCUT2D eigenvalue weighted by Crippen LogP contribution is -2.51. The fourth-order valence-corrected chi connectivity index (χ4v) is 4.58. The Hall–Kier alpha value is -0.620. The molecule has 1 aromatic rings. The van der Waals surface area contributed by atoms with E-state index in [4.69, 9.17) is 4.74 Å². The summed E-state index contributed by atoms with van der Waals surface area (Å²) >= 11 is 0. The monoisotopic (exact) mass is 340 g/mol. The molecule has 4 rings (SSSR count). The number of aryl methyl sites for hydroxylation is 1. The lowest BCUT2D eigenvalue weighted by molar-refractivity contribution is 0.0524. The third-order valence-corrected chi connectivity index (χ3v) is 5.73. The maximum absolute atomic E-state index is 5.67. The summed E-state index contributed by atoms with van der Waals surface area (Å²) in [5, 5.41) is 7.54. The van der Waals surface area contributed by atoms with Gasteiger partial charge in [0.1, 0.15) is 5.82 Å². The highest BCUT2D eigenvalue weighted by atomic mass is 35.5. The predicted octanol–water partition coefficient (Wildman–Crippen LogP) is 1.93. The fourth-order valence-electron chi connectivity index (χ4n) is 4.58. The standard InChI is InChI=1S/C17H28N4O.ClH/c1-4-14(16-12-22-10-7-18-16)15(5-1)20-11-13-3-2-8-21-9-6-19-17(13)21;/h6,9,13-16,18,20H,1-5,7-8,10-12H2;1H. The zero-order valence-corrected chi connectivity index (χ0v) is 14.6. The summed E-state index contributed by atoms with van der Waals surface area (Å²) in [4.78, 5) is 4.58. The van der Waals surface area contributed by atoms with E-state index in [1.807, 2.05) is 6.20 Å². The van der Waals surface area contributed by atoms with Crippen LogP contribution in [-0.4, -0.2) is 47.9 Å². The van der Waals surface area contributed by atoms with Crippen molar-refractivity contribution in [3.63, 3.8) is 0 Å². The van der Waals surface area contributed by atoms with Gasteiger partial charge in [-0.3, -0.25) is 0 Å². The predicted molar refractivity (Wildman–Crippen MR) is 93.2 cm³/mol. The van der Waals surface area contributed by atoms with Gasteiger partial charge >= 0.3 is 0 Å². The molecule has 1 saturated heterocycles. The number of nitrogens with one attached hydrogen (secondary N) is 2. The van der Waals surface area contributed by atoms with E-state index >= 15 is 0 Å². The van der Waals surface area contributed by atoms with Gasteiger partial charge in [-0.15, -0.1) is 12.4 Å². The number of aromatic nitrogens is 2. The van der Waals surface area contributed by atoms with E-state index in [9.17, 15) is 0 Å². The lowest BCUT2D eigenvalue weighted by Gasteiger charge is -2.34. The fraction of sp³-hybridized carbons (Fsp3) is 0.824. The van der Waals surface area contributed by atoms with E-state index in [0.717, 1.165) is 38.8 Å². The first-order valence-corrected chi connectivity index (χ1v) is 8.97. The highest BCUT2D eigenvalue weighted by molar-refractivity contribution is 5.85. The molecule has 6 heteroatoms. The molecule has 0 aromatic carbocycles. The van der Waals surface area contributed by atoms with Crippen molar-refractivity contribution in [1.82, 2.24) is 20.2 Å². The van der Waals surface area contributed by atoms with Crippen molar-refractivity contribution in [3.05, 3.63) is 18.2 Å². The second kappa shape index (κ2) is 7.97. The largest absolute Gasteiger partial charge is 0.379 e. The van der Waals surface area contributed by atoms with E-state index in [-0.39, 0.29) is 12.4 Å². The minimum absolute atomic E-state index is 0. The number of nitrogens with zero attached hydrogens (tertiary/aromatic N) is 2. The van der Waals surface area contributed by atoms with Crippen molar-refractivity contribution in [1.29, 1.82) is 0 Å². The third-order valence-electron chi connectivity index (χ3n) is 5.73. The number of imidazole rings is 1. The van der Waals surface area contributed by atoms with E-state index in [1.165, 1.54) is 37.9 Å². The highest BCUT2D eigenvalue weighted by Crippen LogP contribution is 2.31. The van der Waals surface area contributed by atoms with Gasteiger partial charge in [0.25, 0.3) is 0 Å². The van der Waals surface area contributed by atoms with Crippen LogP contribution in [0.4, 0.5) is 0 Å². The van der Waals surface area contributed by atoms with Gasteiger partial charge in [-0.1, -0.05) is 6.42 Å². The molecule has 3 aliphatic rings. The maximum atomic E-state index is 5.67. The normalized spacial score (nSPS) is 33.9. The summed E-state index contributed by atoms with van der Waals surface area (Å²) in [6.45, 7) is 4.98. The Morgan fingerprint density at radius 3 is 3.13 bits per heavy atom. The van der Waals surface area contributed by atoms with Gasteiger partial charge in [-0.25, -0.2) is 4.98 Å². The van der Waals surface area contributed by atoms with Gasteiger partial charge in [0.05, 0.1) is 13.2 Å². The summed E-state index contributed by atoms with van der Waals surface area (Å²) in [7, 11) is 0. The van der Waals surface area contributed by atoms with Gasteiger partial charge in [0, 0.05) is 50.0 Å². The van der Waals surface area contributed by atoms with Gasteiger partial charge in [0.2, 0.25) is 0 Å². The number of hydrogen-bond donors (Lipinski definition) is 2. The van der Waals surface area contributed by atoms with Crippen LogP contribution in [0.3, 0.4) is 0 Å². The van der Waals surface area contributed by atoms with Crippen LogP contribution in [0.5, 0.6) is 0 Å². The summed E-state index contributed by atoms with van der Waals surface area (Å²) < 4.78 is 8.00. The zero-order chi connectivity index (χ0) is 14.8. The van der Waals surface area contributed by atoms with Crippen LogP contribution in [0.2, 0.25) is 0 Å². The number of hydrogen-bond acceptors (Lipinski definition) is 4. The number of morpholine rings is 1. The first-order chi connectivity index (χ1) is 10.9. The Bertz CT molecular complexity index is 489. The Morgan fingerprint density at radius 1 is 1.30 bits per heavy atom. The Morgan fingerprint density at radius 2 is 2.26 bits per heavy atom. The number of ether oxygens (including phenoxy) is 1. The number of rotatable bonds is 4. The highest BCUT2D eigenvalue weighted by Gasteiger charge is 2.35. The molecule has 5 nitrogen and oxygen atoms in total. The maximum Gasteiger partial charge on any atom is 0.113 e. The molecule has 1 aromatic heterocycles. The Labute approximate surface area is 145 Å². The molecule has 3 heterocycles. The van der Waals surface area contributed by atoms with Crippen LogP contribution in [0.25, 0.3) is 0 Å². The van der Waals surface area contributed by atoms with E-state index < -0.39 is 0 Å². The summed E-state index contributed by atoms with van der Waals surface area (Å²) in [5.74, 6) is 2.59. The first-order valence-electron chi connectivity index (χ1n) is 8.97. The summed E-state index contributed by atoms with van der Waals surface area (Å²) in [6, 6.07) is 1.19. The van der Waals surface area contributed by atoms with Crippen LogP contribution < -0.4 is 10.6 Å². The quantitative estimate of drug-likeness (QED) is 0.879. The van der Waals surface area contributed by atoms with E-state index in [0.29, 0.717) is 18.0 Å². The molecule has 0 spiro atoms. The molecular weight excluding hydrogens is 312 g/mol. The van der Waals surface area contributed by atoms with Gasteiger partial charge in [-0.2, -0.15) is 0 Å². The SMILES string of the molecule is Cl.c1cn2c(n1)C(CNC1CCCC1C1COCCN1)CCC2. The van der Waals surface area contributed by atoms with Crippen LogP contribution in [0.1, 0.15) is 43.8 Å². The minimum atomic E-state index is 0. The molecule has 2 aliphatic heterocycles. The van der Waals surface area contributed by atoms with Crippen LogP contribution in [0, 0.1) is 5.92 Å². The molecule has 1 aliphatic carbocycles. The van der Waals surface area contributed by atoms with Gasteiger partial charge in [0.15, 0.2) is 0 Å². The van der Waals surface area contributed by atoms with Gasteiger partial charge in [-0.05, 0) is 31.6 Å². The van der Waals surface area contributed by atoms with Crippen molar-refractivity contribution < 1.29 is 4.74 Å². The smallest absolute Gasteiger partial charge is 0.113 e. The van der Waals surface area contributed by atoms with Crippen LogP contribution in [0.15, 0.2) is 12.4 Å². The molecule has 23 heavy (non-hydrogen) atoms. The average molecular weight is 341 g/mol. The molecule has 2 N–H and O–H groups in total. The molecular formula is C17H29ClN4O. The summed E-state index contributed by atoms with van der Waals surface area (Å²) in [5.41, 5.74) is 0. The third kappa shape index (κ3) is 3.73. The Kier molecular flexibility index (Phi) is 5.96. The van der Waals surface area contributed by atoms with E-state index in [1.54, 1.807) is 0 Å². The summed E-state index contributed by atoms with van der Waals surface area (Å²) in [6.07, 6.45) is 10.6. The van der Waals surface area contributed by atoms with Crippen molar-refractivity contribution in [3.8, 4) is 0 Å². The zero-order valence-electron chi connectivity index (χ0n) is 13.7. The van der Waals surface area contributed by atoms with E-state index in [2.05, 4.69) is 26.4 Å². The molecule has 2 fully saturated rings. The lowest BCUT2D eigenvalue weighted by atomic mass is 9.92. The molecule has 0 bridgehead atoms. The van der Waals surface area contributed by atoms with Crippen molar-refractivity contribution in [2.45, 2.75) is 56.7 Å². The number of fused-ring (bicyclic) bond motifs is 1. The van der Waals surface area contributed by atoms with Crippen LogP contribution >= 0.6 is 12.4 Å². The number of halogens is 1. The molecule has 0 radical (unpaired) electrons. The van der Waals surface area contributed by atoms with Crippen molar-refractivity contribution in [2.75, 3.05) is 26.3 Å². The minimum Gasteiger partial charge on any atom is -0.379 e. The van der Waals surface area contributed by atoms with Crippen molar-refractivity contribution >= 4 is 12.4 Å². The van der Waals surface area contributed by atoms with Gasteiger partial charge < -0.3 is 19.9 Å². The Balaban J connectivity index is 0.00000156. The van der Waals surface area contributed by atoms with Crippen molar-refractivity contribution in [2.24, 2.45) is 5.92 Å². The first kappa shape index (κ1) is 17.2. The topological polar surface area (TPSA) is 51.1 Å².